The highest BCUT2D eigenvalue weighted by Gasteiger charge is 2.00. The van der Waals surface area contributed by atoms with Crippen LogP contribution in [-0.2, 0) is 5.75 Å². The molecule has 0 spiro atoms. The smallest absolute Gasteiger partial charge is 0.125 e. The van der Waals surface area contributed by atoms with E-state index in [2.05, 4.69) is 27.2 Å². The number of hydrogen-bond donors (Lipinski definition) is 2. The average molecular weight is 248 g/mol. The molecule has 0 bridgehead atoms. The Bertz CT molecular complexity index is 441. The first-order valence-corrected chi connectivity index (χ1v) is 6.73. The molecule has 0 unspecified atom stereocenters. The van der Waals surface area contributed by atoms with Gasteiger partial charge in [-0.2, -0.15) is 11.8 Å². The quantitative estimate of drug-likeness (QED) is 0.771. The van der Waals surface area contributed by atoms with Crippen LogP contribution in [0.5, 0.6) is 0 Å². The summed E-state index contributed by atoms with van der Waals surface area (Å²) < 4.78 is 0. The zero-order chi connectivity index (χ0) is 11.9. The van der Waals surface area contributed by atoms with Crippen molar-refractivity contribution in [3.8, 4) is 0 Å². The van der Waals surface area contributed by atoms with Gasteiger partial charge in [-0.1, -0.05) is 6.07 Å². The number of nitrogens with zero attached hydrogens (tertiary/aromatic N) is 2. The third kappa shape index (κ3) is 3.78. The van der Waals surface area contributed by atoms with E-state index in [0.29, 0.717) is 0 Å². The first-order chi connectivity index (χ1) is 8.36. The maximum atomic E-state index is 4.26. The highest BCUT2D eigenvalue weighted by Crippen LogP contribution is 2.12. The summed E-state index contributed by atoms with van der Waals surface area (Å²) in [5.41, 5.74) is 2.31. The van der Waals surface area contributed by atoms with Crippen LogP contribution in [0.3, 0.4) is 0 Å². The van der Waals surface area contributed by atoms with Gasteiger partial charge in [0.1, 0.15) is 5.82 Å². The van der Waals surface area contributed by atoms with Crippen molar-refractivity contribution >= 4 is 17.6 Å². The van der Waals surface area contributed by atoms with Crippen molar-refractivity contribution in [2.24, 2.45) is 0 Å². The van der Waals surface area contributed by atoms with Gasteiger partial charge in [0.15, 0.2) is 0 Å². The van der Waals surface area contributed by atoms with E-state index in [0.717, 1.165) is 35.3 Å². The Morgan fingerprint density at radius 2 is 2.29 bits per heavy atom. The first-order valence-electron chi connectivity index (χ1n) is 5.58. The average Bonchev–Trinajstić information content (AvgIpc) is 2.76. The molecule has 0 radical (unpaired) electrons. The predicted octanol–water partition coefficient (Wildman–Crippen LogP) is 2.46. The fourth-order valence-electron chi connectivity index (χ4n) is 1.42. The van der Waals surface area contributed by atoms with Crippen molar-refractivity contribution in [2.75, 3.05) is 17.6 Å². The van der Waals surface area contributed by atoms with Crippen LogP contribution >= 0.6 is 11.8 Å². The van der Waals surface area contributed by atoms with Gasteiger partial charge in [0, 0.05) is 29.9 Å². The molecule has 90 valence electrons. The first kappa shape index (κ1) is 12.0. The molecule has 0 saturated carbocycles. The van der Waals surface area contributed by atoms with Gasteiger partial charge in [-0.05, 0) is 19.1 Å². The van der Waals surface area contributed by atoms with Gasteiger partial charge in [-0.15, -0.1) is 0 Å². The largest absolute Gasteiger partial charge is 0.369 e. The van der Waals surface area contributed by atoms with Crippen molar-refractivity contribution < 1.29 is 0 Å². The number of anilines is 1. The Labute approximate surface area is 105 Å². The number of H-pyrrole nitrogens is 1. The molecule has 2 aromatic heterocycles. The van der Waals surface area contributed by atoms with Crippen LogP contribution < -0.4 is 5.32 Å². The maximum absolute atomic E-state index is 4.26. The minimum Gasteiger partial charge on any atom is -0.369 e. The summed E-state index contributed by atoms with van der Waals surface area (Å²) in [6.07, 6.45) is 3.54. The molecule has 0 amide bonds. The third-order valence-electron chi connectivity index (χ3n) is 2.39. The number of thioether (sulfide) groups is 1. The molecule has 0 aromatic carbocycles. The molecule has 2 rings (SSSR count). The molecule has 0 aliphatic heterocycles. The van der Waals surface area contributed by atoms with Gasteiger partial charge in [0.05, 0.1) is 12.0 Å². The van der Waals surface area contributed by atoms with Gasteiger partial charge >= 0.3 is 0 Å². The monoisotopic (exact) mass is 248 g/mol. The summed E-state index contributed by atoms with van der Waals surface area (Å²) in [4.78, 5) is 11.6. The van der Waals surface area contributed by atoms with E-state index >= 15 is 0 Å². The Hall–Kier alpha value is -1.49. The number of pyridine rings is 1. The van der Waals surface area contributed by atoms with Crippen molar-refractivity contribution in [1.29, 1.82) is 0 Å². The molecule has 0 aliphatic carbocycles. The van der Waals surface area contributed by atoms with Gasteiger partial charge in [0.25, 0.3) is 0 Å². The van der Waals surface area contributed by atoms with E-state index in [1.54, 1.807) is 12.5 Å². The van der Waals surface area contributed by atoms with Crippen LogP contribution in [0.25, 0.3) is 0 Å². The molecule has 2 aromatic rings. The molecule has 0 fully saturated rings. The number of imidazole rings is 1. The fraction of sp³-hybridized carbons (Fsp3) is 0.333. The summed E-state index contributed by atoms with van der Waals surface area (Å²) in [5, 5.41) is 3.28. The second-order valence-electron chi connectivity index (χ2n) is 3.67. The standard InChI is InChI=1S/C12H16N4S/c1-10-11(16-9-15-10)8-17-7-6-14-12-4-2-3-5-13-12/h2-5,9H,6-8H2,1H3,(H,13,14)(H,15,16). The van der Waals surface area contributed by atoms with Gasteiger partial charge < -0.3 is 10.3 Å². The van der Waals surface area contributed by atoms with Crippen molar-refractivity contribution in [3.05, 3.63) is 42.1 Å². The molecule has 5 heteroatoms. The lowest BCUT2D eigenvalue weighted by molar-refractivity contribution is 1.15. The molecule has 0 atom stereocenters. The molecule has 0 saturated heterocycles. The van der Waals surface area contributed by atoms with Gasteiger partial charge in [0.2, 0.25) is 0 Å². The number of aromatic amines is 1. The maximum Gasteiger partial charge on any atom is 0.125 e. The Balaban J connectivity index is 1.63. The van der Waals surface area contributed by atoms with E-state index in [1.165, 1.54) is 0 Å². The van der Waals surface area contributed by atoms with E-state index in [1.807, 2.05) is 30.0 Å². The summed E-state index contributed by atoms with van der Waals surface area (Å²) in [7, 11) is 0. The molecule has 0 aliphatic rings. The second-order valence-corrected chi connectivity index (χ2v) is 4.77. The summed E-state index contributed by atoms with van der Waals surface area (Å²) in [6, 6.07) is 5.87. The SMILES string of the molecule is Cc1[nH]cnc1CSCCNc1ccccn1. The van der Waals surface area contributed by atoms with Crippen LogP contribution in [0.15, 0.2) is 30.7 Å². The lowest BCUT2D eigenvalue weighted by atomic mass is 10.4. The number of nitrogens with one attached hydrogen (secondary N) is 2. The van der Waals surface area contributed by atoms with Crippen LogP contribution in [0.4, 0.5) is 5.82 Å². The van der Waals surface area contributed by atoms with Crippen LogP contribution in [0.2, 0.25) is 0 Å². The zero-order valence-electron chi connectivity index (χ0n) is 9.81. The Morgan fingerprint density at radius 1 is 1.35 bits per heavy atom. The fourth-order valence-corrected chi connectivity index (χ4v) is 2.30. The lowest BCUT2D eigenvalue weighted by Crippen LogP contribution is -2.05. The Kier molecular flexibility index (Phi) is 4.44. The Morgan fingerprint density at radius 3 is 3.00 bits per heavy atom. The molecule has 4 nitrogen and oxygen atoms in total. The predicted molar refractivity (Wildman–Crippen MR) is 72.2 cm³/mol. The summed E-state index contributed by atoms with van der Waals surface area (Å²) >= 11 is 1.87. The number of aryl methyl sites for hydroxylation is 1. The zero-order valence-corrected chi connectivity index (χ0v) is 10.6. The molecular formula is C12H16N4S. The van der Waals surface area contributed by atoms with Gasteiger partial charge in [-0.3, -0.25) is 0 Å². The third-order valence-corrected chi connectivity index (χ3v) is 3.36. The molecule has 2 N–H and O–H groups in total. The van der Waals surface area contributed by atoms with Crippen molar-refractivity contribution in [1.82, 2.24) is 15.0 Å². The topological polar surface area (TPSA) is 53.6 Å². The molecule has 2 heterocycles. The number of aromatic nitrogens is 3. The van der Waals surface area contributed by atoms with E-state index < -0.39 is 0 Å². The highest BCUT2D eigenvalue weighted by atomic mass is 32.2. The normalized spacial score (nSPS) is 10.4. The van der Waals surface area contributed by atoms with Crippen molar-refractivity contribution in [3.63, 3.8) is 0 Å². The summed E-state index contributed by atoms with van der Waals surface area (Å²) in [5.74, 6) is 2.94. The molecule has 17 heavy (non-hydrogen) atoms. The van der Waals surface area contributed by atoms with Crippen LogP contribution in [-0.4, -0.2) is 27.2 Å². The summed E-state index contributed by atoms with van der Waals surface area (Å²) in [6.45, 7) is 2.97. The van der Waals surface area contributed by atoms with E-state index in [-0.39, 0.29) is 0 Å². The van der Waals surface area contributed by atoms with Gasteiger partial charge in [-0.25, -0.2) is 9.97 Å². The van der Waals surface area contributed by atoms with E-state index in [9.17, 15) is 0 Å². The minimum atomic E-state index is 0.922. The lowest BCUT2D eigenvalue weighted by Gasteiger charge is -2.04. The second kappa shape index (κ2) is 6.30. The minimum absolute atomic E-state index is 0.922. The van der Waals surface area contributed by atoms with Crippen molar-refractivity contribution in [2.45, 2.75) is 12.7 Å². The van der Waals surface area contributed by atoms with Crippen LogP contribution in [0.1, 0.15) is 11.4 Å². The number of hydrogen-bond acceptors (Lipinski definition) is 4. The van der Waals surface area contributed by atoms with Crippen LogP contribution in [0, 0.1) is 6.92 Å². The highest BCUT2D eigenvalue weighted by molar-refractivity contribution is 7.98. The molecular weight excluding hydrogens is 232 g/mol. The van der Waals surface area contributed by atoms with E-state index in [4.69, 9.17) is 0 Å². The number of rotatable bonds is 6.